The van der Waals surface area contributed by atoms with Gasteiger partial charge in [-0.1, -0.05) is 6.92 Å². The van der Waals surface area contributed by atoms with Crippen LogP contribution in [0.2, 0.25) is 0 Å². The number of carbonyl (C=O) groups excluding carboxylic acids is 2. The van der Waals surface area contributed by atoms with Crippen LogP contribution in [-0.4, -0.2) is 191 Å². The first-order chi connectivity index (χ1) is 20.7. The van der Waals surface area contributed by atoms with E-state index in [4.69, 9.17) is 18.9 Å². The number of hydrogen-bond donors (Lipinski definition) is 3. The molecule has 0 aromatic heterocycles. The summed E-state index contributed by atoms with van der Waals surface area (Å²) in [5.74, 6) is -1.88. The van der Waals surface area contributed by atoms with Crippen molar-refractivity contribution in [2.75, 3.05) is 138 Å². The fourth-order valence-corrected chi connectivity index (χ4v) is 4.25. The number of ketones is 1. The van der Waals surface area contributed by atoms with E-state index in [1.54, 1.807) is 4.90 Å². The van der Waals surface area contributed by atoms with Gasteiger partial charge in [0.2, 0.25) is 5.91 Å². The summed E-state index contributed by atoms with van der Waals surface area (Å²) in [5, 5.41) is 21.5. The van der Waals surface area contributed by atoms with Gasteiger partial charge in [0.05, 0.1) is 72.5 Å². The smallest absolute Gasteiger partial charge is 0.317 e. The number of nitrogens with one attached hydrogen (secondary N) is 1. The van der Waals surface area contributed by atoms with Gasteiger partial charge in [-0.2, -0.15) is 0 Å². The lowest BCUT2D eigenvalue weighted by Crippen LogP contribution is -2.49. The third-order valence-electron chi connectivity index (χ3n) is 6.75. The van der Waals surface area contributed by atoms with Gasteiger partial charge >= 0.3 is 11.9 Å². The minimum Gasteiger partial charge on any atom is -0.480 e. The Balaban J connectivity index is 2.30. The van der Waals surface area contributed by atoms with Crippen LogP contribution in [0.1, 0.15) is 20.3 Å². The Morgan fingerprint density at radius 3 is 1.35 bits per heavy atom. The van der Waals surface area contributed by atoms with Gasteiger partial charge in [0.15, 0.2) is 0 Å². The highest BCUT2D eigenvalue weighted by molar-refractivity contribution is 5.78. The molecule has 15 nitrogen and oxygen atoms in total. The SMILES string of the molecule is CCN1CCN(CC(=O)O)CCN(CC(=O)O)CCN(CC(=O)NCCOCCOCCOCCOCCC(C)=O)CC1. The number of carboxylic acid groups (broad SMARTS) is 2. The lowest BCUT2D eigenvalue weighted by Gasteiger charge is -2.33. The van der Waals surface area contributed by atoms with Crippen LogP contribution in [0.3, 0.4) is 0 Å². The van der Waals surface area contributed by atoms with E-state index in [0.717, 1.165) is 6.54 Å². The molecule has 1 heterocycles. The molecule has 1 aliphatic heterocycles. The average Bonchev–Trinajstić information content (AvgIpc) is 2.94. The normalized spacial score (nSPS) is 16.8. The van der Waals surface area contributed by atoms with Crippen molar-refractivity contribution in [3.05, 3.63) is 0 Å². The minimum absolute atomic E-state index is 0.0852. The van der Waals surface area contributed by atoms with Crippen molar-refractivity contribution in [3.8, 4) is 0 Å². The number of hydrogen-bond acceptors (Lipinski definition) is 12. The third kappa shape index (κ3) is 22.9. The number of ether oxygens (including phenoxy) is 4. The largest absolute Gasteiger partial charge is 0.480 e. The molecular formula is C28H53N5O10. The highest BCUT2D eigenvalue weighted by Crippen LogP contribution is 2.01. The molecule has 1 rings (SSSR count). The van der Waals surface area contributed by atoms with Gasteiger partial charge in [0.25, 0.3) is 0 Å². The predicted molar refractivity (Wildman–Crippen MR) is 158 cm³/mol. The maximum absolute atomic E-state index is 12.6. The fraction of sp³-hybridized carbons (Fsp3) is 0.857. The number of amides is 1. The molecule has 0 unspecified atom stereocenters. The van der Waals surface area contributed by atoms with Crippen LogP contribution in [-0.2, 0) is 38.1 Å². The summed E-state index contributed by atoms with van der Waals surface area (Å²) in [5.41, 5.74) is 0. The van der Waals surface area contributed by atoms with Gasteiger partial charge in [0, 0.05) is 65.3 Å². The second-order valence-electron chi connectivity index (χ2n) is 10.3. The first-order valence-electron chi connectivity index (χ1n) is 15.1. The summed E-state index contributed by atoms with van der Waals surface area (Å²) in [6.45, 7) is 12.5. The highest BCUT2D eigenvalue weighted by atomic mass is 16.6. The van der Waals surface area contributed by atoms with E-state index < -0.39 is 11.9 Å². The summed E-state index contributed by atoms with van der Waals surface area (Å²) < 4.78 is 21.6. The predicted octanol–water partition coefficient (Wildman–Crippen LogP) is -1.44. The number of Topliss-reactive ketones (excluding diaryl/α,β-unsaturated/α-hetero) is 1. The van der Waals surface area contributed by atoms with Crippen LogP contribution in [0.15, 0.2) is 0 Å². The van der Waals surface area contributed by atoms with Gasteiger partial charge in [-0.15, -0.1) is 0 Å². The molecule has 3 N–H and O–H groups in total. The van der Waals surface area contributed by atoms with Crippen LogP contribution in [0.5, 0.6) is 0 Å². The van der Waals surface area contributed by atoms with Gasteiger partial charge in [-0.25, -0.2) is 0 Å². The van der Waals surface area contributed by atoms with Crippen LogP contribution in [0, 0.1) is 0 Å². The van der Waals surface area contributed by atoms with E-state index in [1.165, 1.54) is 6.92 Å². The summed E-state index contributed by atoms with van der Waals surface area (Å²) in [6.07, 6.45) is 0.414. The first kappa shape index (κ1) is 38.8. The molecule has 0 spiro atoms. The number of carboxylic acids is 2. The van der Waals surface area contributed by atoms with Crippen molar-refractivity contribution in [3.63, 3.8) is 0 Å². The Labute approximate surface area is 255 Å². The van der Waals surface area contributed by atoms with Gasteiger partial charge in [-0.05, 0) is 13.5 Å². The molecule has 15 heteroatoms. The molecule has 1 amide bonds. The average molecular weight is 620 g/mol. The summed E-state index contributed by atoms with van der Waals surface area (Å²) in [4.78, 5) is 54.0. The second-order valence-corrected chi connectivity index (χ2v) is 10.3. The second kappa shape index (κ2) is 25.1. The van der Waals surface area contributed by atoms with Crippen molar-refractivity contribution in [2.45, 2.75) is 20.3 Å². The Morgan fingerprint density at radius 2 is 0.953 bits per heavy atom. The lowest BCUT2D eigenvalue weighted by molar-refractivity contribution is -0.140. The quantitative estimate of drug-likeness (QED) is 0.120. The van der Waals surface area contributed by atoms with Crippen LogP contribution >= 0.6 is 0 Å². The van der Waals surface area contributed by atoms with Crippen LogP contribution in [0.25, 0.3) is 0 Å². The topological polar surface area (TPSA) is 171 Å². The van der Waals surface area contributed by atoms with Crippen molar-refractivity contribution in [1.29, 1.82) is 0 Å². The zero-order chi connectivity index (χ0) is 31.7. The number of aliphatic carboxylic acids is 2. The van der Waals surface area contributed by atoms with Crippen LogP contribution < -0.4 is 5.32 Å². The standard InChI is InChI=1S/C28H53N5O10/c1-3-30-6-8-31(10-11-33(24-28(38)39)13-12-32(9-7-30)23-27(36)37)22-26(35)29-5-15-41-17-19-43-21-20-42-18-16-40-14-4-25(2)34/h3-24H2,1-2H3,(H,29,35)(H,36,37)(H,38,39). The Kier molecular flexibility index (Phi) is 22.7. The molecule has 0 saturated carbocycles. The Bertz CT molecular complexity index is 791. The van der Waals surface area contributed by atoms with Crippen LogP contribution in [0.4, 0.5) is 0 Å². The fourth-order valence-electron chi connectivity index (χ4n) is 4.25. The van der Waals surface area contributed by atoms with Gasteiger partial charge < -0.3 is 39.4 Å². The van der Waals surface area contributed by atoms with Crippen molar-refractivity contribution in [1.82, 2.24) is 24.9 Å². The minimum atomic E-state index is -0.944. The molecular weight excluding hydrogens is 566 g/mol. The third-order valence-corrected chi connectivity index (χ3v) is 6.75. The number of likely N-dealkylation sites (N-methyl/N-ethyl adjacent to an activating group) is 1. The first-order valence-corrected chi connectivity index (χ1v) is 15.1. The molecule has 1 saturated heterocycles. The molecule has 43 heavy (non-hydrogen) atoms. The molecule has 0 bridgehead atoms. The van der Waals surface area contributed by atoms with E-state index in [-0.39, 0.29) is 31.3 Å². The summed E-state index contributed by atoms with van der Waals surface area (Å²) >= 11 is 0. The lowest BCUT2D eigenvalue weighted by atomic mass is 10.3. The van der Waals surface area contributed by atoms with Gasteiger partial charge in [0.1, 0.15) is 5.78 Å². The molecule has 0 aliphatic carbocycles. The molecule has 250 valence electrons. The maximum atomic E-state index is 12.6. The highest BCUT2D eigenvalue weighted by Gasteiger charge is 2.19. The maximum Gasteiger partial charge on any atom is 0.317 e. The Morgan fingerprint density at radius 1 is 0.581 bits per heavy atom. The van der Waals surface area contributed by atoms with E-state index in [2.05, 4.69) is 17.1 Å². The van der Waals surface area contributed by atoms with E-state index in [1.807, 2.05) is 9.80 Å². The monoisotopic (exact) mass is 619 g/mol. The number of nitrogens with zero attached hydrogens (tertiary/aromatic N) is 4. The van der Waals surface area contributed by atoms with E-state index in [0.29, 0.717) is 118 Å². The van der Waals surface area contributed by atoms with E-state index in [9.17, 15) is 29.4 Å². The van der Waals surface area contributed by atoms with Crippen molar-refractivity contribution >= 4 is 23.6 Å². The summed E-state index contributed by atoms with van der Waals surface area (Å²) in [7, 11) is 0. The molecule has 0 aromatic carbocycles. The molecule has 1 fully saturated rings. The zero-order valence-corrected chi connectivity index (χ0v) is 26.0. The number of rotatable bonds is 22. The number of carbonyl (C=O) groups is 4. The van der Waals surface area contributed by atoms with Crippen molar-refractivity contribution in [2.24, 2.45) is 0 Å². The van der Waals surface area contributed by atoms with Gasteiger partial charge in [-0.3, -0.25) is 33.9 Å². The molecule has 1 aliphatic rings. The zero-order valence-electron chi connectivity index (χ0n) is 26.0. The van der Waals surface area contributed by atoms with E-state index >= 15 is 0 Å². The Hall–Kier alpha value is -2.24. The summed E-state index contributed by atoms with van der Waals surface area (Å²) in [6, 6.07) is 0. The molecule has 0 aromatic rings. The van der Waals surface area contributed by atoms with Crippen molar-refractivity contribution < 1.29 is 48.3 Å². The molecule has 0 atom stereocenters. The molecule has 0 radical (unpaired) electrons.